The first-order valence-corrected chi connectivity index (χ1v) is 4.97. The van der Waals surface area contributed by atoms with Crippen molar-refractivity contribution in [1.29, 1.82) is 0 Å². The Balaban J connectivity index is 2.99. The minimum atomic E-state index is -0.736. The van der Waals surface area contributed by atoms with Crippen LogP contribution >= 0.6 is 11.6 Å². The first kappa shape index (κ1) is 13.2. The number of benzene rings is 1. The summed E-state index contributed by atoms with van der Waals surface area (Å²) >= 11 is 5.67. The molecule has 0 radical (unpaired) electrons. The van der Waals surface area contributed by atoms with E-state index in [0.29, 0.717) is 0 Å². The van der Waals surface area contributed by atoms with Crippen LogP contribution in [0, 0.1) is 10.1 Å². The molecule has 1 aromatic rings. The smallest absolute Gasteiger partial charge is 0.312 e. The Morgan fingerprint density at radius 2 is 2.29 bits per heavy atom. The number of hydrazone groups is 1. The van der Waals surface area contributed by atoms with Crippen molar-refractivity contribution >= 4 is 23.5 Å². The zero-order valence-corrected chi connectivity index (χ0v) is 9.39. The van der Waals surface area contributed by atoms with Crippen molar-refractivity contribution in [2.75, 3.05) is 13.2 Å². The molecular weight excluding hydrogens is 250 g/mol. The second-order valence-electron chi connectivity index (χ2n) is 3.01. The van der Waals surface area contributed by atoms with E-state index in [1.807, 2.05) is 0 Å². The molecule has 0 spiro atoms. The summed E-state index contributed by atoms with van der Waals surface area (Å²) in [6.07, 6.45) is 1.18. The van der Waals surface area contributed by atoms with Gasteiger partial charge in [-0.25, -0.2) is 0 Å². The molecule has 1 rings (SSSR count). The minimum absolute atomic E-state index is 0.0982. The quantitative estimate of drug-likeness (QED) is 0.315. The summed E-state index contributed by atoms with van der Waals surface area (Å²) in [7, 11) is 0. The Hall–Kier alpha value is -1.86. The zero-order chi connectivity index (χ0) is 12.8. The zero-order valence-electron chi connectivity index (χ0n) is 8.63. The van der Waals surface area contributed by atoms with E-state index in [1.165, 1.54) is 12.3 Å². The molecule has 3 N–H and O–H groups in total. The summed E-state index contributed by atoms with van der Waals surface area (Å²) in [6.45, 7) is 0.138. The molecule has 0 unspecified atom stereocenters. The lowest BCUT2D eigenvalue weighted by molar-refractivity contribution is -0.385. The Morgan fingerprint density at radius 1 is 1.59 bits per heavy atom. The lowest BCUT2D eigenvalue weighted by atomic mass is 10.2. The number of aliphatic hydroxyl groups is 1. The number of phenols is 1. The standard InChI is InChI=1S/C9H10ClN3O4/c10-7-3-6(5-12-11-1-2-14)9(15)8(4-7)13(16)17/h3-5,11,14-15H,1-2H2. The van der Waals surface area contributed by atoms with Gasteiger partial charge in [0.25, 0.3) is 0 Å². The summed E-state index contributed by atoms with van der Waals surface area (Å²) in [5.41, 5.74) is 2.11. The Bertz CT molecular complexity index is 450. The highest BCUT2D eigenvalue weighted by atomic mass is 35.5. The molecule has 17 heavy (non-hydrogen) atoms. The average Bonchev–Trinajstić information content (AvgIpc) is 2.28. The van der Waals surface area contributed by atoms with E-state index in [-0.39, 0.29) is 23.7 Å². The van der Waals surface area contributed by atoms with E-state index in [0.717, 1.165) is 6.07 Å². The molecule has 92 valence electrons. The Labute approximate surface area is 101 Å². The third kappa shape index (κ3) is 3.58. The molecule has 0 amide bonds. The summed E-state index contributed by atoms with van der Waals surface area (Å²) in [6, 6.07) is 2.39. The first-order valence-electron chi connectivity index (χ1n) is 4.60. The highest BCUT2D eigenvalue weighted by Crippen LogP contribution is 2.32. The number of phenolic OH excluding ortho intramolecular Hbond substituents is 1. The molecule has 0 aliphatic carbocycles. The molecule has 8 heteroatoms. The van der Waals surface area contributed by atoms with Gasteiger partial charge in [0.2, 0.25) is 5.75 Å². The van der Waals surface area contributed by atoms with Crippen LogP contribution in [-0.4, -0.2) is 34.5 Å². The average molecular weight is 260 g/mol. The van der Waals surface area contributed by atoms with Crippen LogP contribution in [0.3, 0.4) is 0 Å². The fraction of sp³-hybridized carbons (Fsp3) is 0.222. The fourth-order valence-corrected chi connectivity index (χ4v) is 1.29. The van der Waals surface area contributed by atoms with Crippen LogP contribution in [0.4, 0.5) is 5.69 Å². The van der Waals surface area contributed by atoms with Gasteiger partial charge in [0, 0.05) is 16.7 Å². The van der Waals surface area contributed by atoms with Crippen LogP contribution in [0.2, 0.25) is 5.02 Å². The van der Waals surface area contributed by atoms with Gasteiger partial charge in [-0.15, -0.1) is 0 Å². The first-order chi connectivity index (χ1) is 8.06. The van der Waals surface area contributed by atoms with Crippen molar-refractivity contribution in [3.8, 4) is 5.75 Å². The second kappa shape index (κ2) is 6.02. The van der Waals surface area contributed by atoms with Crippen molar-refractivity contribution in [3.05, 3.63) is 32.8 Å². The molecule has 0 aromatic heterocycles. The lowest BCUT2D eigenvalue weighted by Gasteiger charge is -2.01. The van der Waals surface area contributed by atoms with Crippen molar-refractivity contribution < 1.29 is 15.1 Å². The summed E-state index contributed by atoms with van der Waals surface area (Å²) in [5.74, 6) is -0.506. The number of hydrogen-bond donors (Lipinski definition) is 3. The van der Waals surface area contributed by atoms with Crippen LogP contribution in [0.25, 0.3) is 0 Å². The number of nitro benzene ring substituents is 1. The van der Waals surface area contributed by atoms with E-state index in [2.05, 4.69) is 10.5 Å². The molecule has 1 aromatic carbocycles. The number of halogens is 1. The van der Waals surface area contributed by atoms with Crippen molar-refractivity contribution in [1.82, 2.24) is 5.43 Å². The van der Waals surface area contributed by atoms with E-state index in [9.17, 15) is 15.2 Å². The molecule has 0 bridgehead atoms. The molecule has 0 saturated heterocycles. The molecule has 0 aliphatic heterocycles. The number of nitrogens with zero attached hydrogens (tertiary/aromatic N) is 2. The second-order valence-corrected chi connectivity index (χ2v) is 3.45. The molecule has 0 aliphatic rings. The van der Waals surface area contributed by atoms with Gasteiger partial charge in [-0.05, 0) is 6.07 Å². The third-order valence-electron chi connectivity index (χ3n) is 1.80. The predicted octanol–water partition coefficient (Wildman–Crippen LogP) is 0.870. The van der Waals surface area contributed by atoms with Gasteiger partial charge in [0.15, 0.2) is 0 Å². The highest BCUT2D eigenvalue weighted by Gasteiger charge is 2.17. The maximum Gasteiger partial charge on any atom is 0.312 e. The molecule has 7 nitrogen and oxygen atoms in total. The van der Waals surface area contributed by atoms with Gasteiger partial charge in [-0.2, -0.15) is 5.10 Å². The topological polar surface area (TPSA) is 108 Å². The van der Waals surface area contributed by atoms with E-state index in [1.54, 1.807) is 0 Å². The van der Waals surface area contributed by atoms with Gasteiger partial charge in [-0.1, -0.05) is 11.6 Å². The largest absolute Gasteiger partial charge is 0.502 e. The van der Waals surface area contributed by atoms with Gasteiger partial charge < -0.3 is 15.6 Å². The predicted molar refractivity (Wildman–Crippen MR) is 62.5 cm³/mol. The molecule has 0 atom stereocenters. The van der Waals surface area contributed by atoms with E-state index < -0.39 is 16.4 Å². The van der Waals surface area contributed by atoms with Gasteiger partial charge in [0.05, 0.1) is 24.3 Å². The summed E-state index contributed by atoms with van der Waals surface area (Å²) < 4.78 is 0. The van der Waals surface area contributed by atoms with Gasteiger partial charge in [0.1, 0.15) is 0 Å². The highest BCUT2D eigenvalue weighted by molar-refractivity contribution is 6.31. The lowest BCUT2D eigenvalue weighted by Crippen LogP contribution is -2.11. The van der Waals surface area contributed by atoms with Crippen molar-refractivity contribution in [2.24, 2.45) is 5.10 Å². The van der Waals surface area contributed by atoms with Crippen LogP contribution in [0.1, 0.15) is 5.56 Å². The number of nitrogens with one attached hydrogen (secondary N) is 1. The van der Waals surface area contributed by atoms with Crippen LogP contribution < -0.4 is 5.43 Å². The SMILES string of the molecule is O=[N+]([O-])c1cc(Cl)cc(C=NNCCO)c1O. The number of rotatable bonds is 5. The minimum Gasteiger partial charge on any atom is -0.502 e. The fourth-order valence-electron chi connectivity index (χ4n) is 1.07. The number of hydrogen-bond acceptors (Lipinski definition) is 6. The Kier molecular flexibility index (Phi) is 4.68. The van der Waals surface area contributed by atoms with Crippen molar-refractivity contribution in [2.45, 2.75) is 0 Å². The molecule has 0 fully saturated rings. The summed E-state index contributed by atoms with van der Waals surface area (Å²) in [5, 5.41) is 32.4. The summed E-state index contributed by atoms with van der Waals surface area (Å²) in [4.78, 5) is 9.86. The normalized spacial score (nSPS) is 10.7. The van der Waals surface area contributed by atoms with Crippen LogP contribution in [0.5, 0.6) is 5.75 Å². The van der Waals surface area contributed by atoms with Gasteiger partial charge in [-0.3, -0.25) is 10.1 Å². The number of nitro groups is 1. The van der Waals surface area contributed by atoms with Gasteiger partial charge >= 0.3 is 5.69 Å². The monoisotopic (exact) mass is 259 g/mol. The van der Waals surface area contributed by atoms with E-state index >= 15 is 0 Å². The number of aromatic hydroxyl groups is 1. The van der Waals surface area contributed by atoms with Crippen LogP contribution in [0.15, 0.2) is 17.2 Å². The molecule has 0 saturated carbocycles. The molecular formula is C9H10ClN3O4. The van der Waals surface area contributed by atoms with E-state index in [4.69, 9.17) is 16.7 Å². The Morgan fingerprint density at radius 3 is 2.88 bits per heavy atom. The molecule has 0 heterocycles. The third-order valence-corrected chi connectivity index (χ3v) is 2.02. The maximum atomic E-state index is 10.6. The van der Waals surface area contributed by atoms with Crippen LogP contribution in [-0.2, 0) is 0 Å². The maximum absolute atomic E-state index is 10.6. The van der Waals surface area contributed by atoms with Crippen molar-refractivity contribution in [3.63, 3.8) is 0 Å². The number of aliphatic hydroxyl groups excluding tert-OH is 1.